The van der Waals surface area contributed by atoms with Crippen molar-refractivity contribution in [2.75, 3.05) is 7.11 Å². The first-order chi connectivity index (χ1) is 12.9. The molecule has 0 aromatic heterocycles. The average Bonchev–Trinajstić information content (AvgIpc) is 2.67. The number of sulfonamides is 1. The van der Waals surface area contributed by atoms with Gasteiger partial charge in [-0.05, 0) is 49.2 Å². The summed E-state index contributed by atoms with van der Waals surface area (Å²) in [6.45, 7) is 3.93. The Labute approximate surface area is 160 Å². The molecule has 0 spiro atoms. The molecule has 3 aromatic carbocycles. The van der Waals surface area contributed by atoms with Crippen LogP contribution in [-0.2, 0) is 10.0 Å². The van der Waals surface area contributed by atoms with Crippen molar-refractivity contribution in [2.24, 2.45) is 0 Å². The molecule has 0 aliphatic heterocycles. The van der Waals surface area contributed by atoms with E-state index in [-0.39, 0.29) is 4.90 Å². The Balaban J connectivity index is 2.00. The summed E-state index contributed by atoms with van der Waals surface area (Å²) in [6, 6.07) is 21.6. The zero-order valence-corrected chi connectivity index (χ0v) is 16.5. The molecule has 3 rings (SSSR count). The number of aryl methyl sites for hydroxylation is 2. The summed E-state index contributed by atoms with van der Waals surface area (Å²) in [5.74, 6) is 0.725. The van der Waals surface area contributed by atoms with Gasteiger partial charge < -0.3 is 4.74 Å². The summed E-state index contributed by atoms with van der Waals surface area (Å²) in [5.41, 5.74) is 3.85. The maximum absolute atomic E-state index is 13.0. The monoisotopic (exact) mass is 381 g/mol. The quantitative estimate of drug-likeness (QED) is 0.689. The van der Waals surface area contributed by atoms with E-state index in [9.17, 15) is 8.42 Å². The van der Waals surface area contributed by atoms with Crippen LogP contribution in [0, 0.1) is 13.8 Å². The second kappa shape index (κ2) is 7.94. The lowest BCUT2D eigenvalue weighted by Gasteiger charge is -2.20. The van der Waals surface area contributed by atoms with Gasteiger partial charge in [0, 0.05) is 0 Å². The summed E-state index contributed by atoms with van der Waals surface area (Å²) >= 11 is 0. The third-order valence-corrected chi connectivity index (χ3v) is 5.90. The van der Waals surface area contributed by atoms with Gasteiger partial charge >= 0.3 is 0 Å². The van der Waals surface area contributed by atoms with E-state index in [0.717, 1.165) is 28.0 Å². The first-order valence-electron chi connectivity index (χ1n) is 8.68. The van der Waals surface area contributed by atoms with E-state index in [4.69, 9.17) is 4.74 Å². The number of hydrogen-bond acceptors (Lipinski definition) is 3. The molecule has 0 saturated carbocycles. The van der Waals surface area contributed by atoms with E-state index in [0.29, 0.717) is 0 Å². The second-order valence-corrected chi connectivity index (χ2v) is 8.27. The molecule has 0 heterocycles. The molecule has 1 unspecified atom stereocenters. The van der Waals surface area contributed by atoms with Crippen molar-refractivity contribution < 1.29 is 13.2 Å². The Bertz CT molecular complexity index is 993. The molecule has 0 saturated heterocycles. The van der Waals surface area contributed by atoms with Crippen LogP contribution in [0.15, 0.2) is 77.7 Å². The molecule has 0 aliphatic carbocycles. The topological polar surface area (TPSA) is 55.4 Å². The lowest BCUT2D eigenvalue weighted by Crippen LogP contribution is -2.29. The van der Waals surface area contributed by atoms with Crippen LogP contribution in [0.2, 0.25) is 0 Å². The Morgan fingerprint density at radius 1 is 0.741 bits per heavy atom. The van der Waals surface area contributed by atoms with Crippen LogP contribution in [0.4, 0.5) is 0 Å². The van der Waals surface area contributed by atoms with Crippen LogP contribution < -0.4 is 9.46 Å². The van der Waals surface area contributed by atoms with Crippen LogP contribution in [0.25, 0.3) is 0 Å². The summed E-state index contributed by atoms with van der Waals surface area (Å²) in [4.78, 5) is 0.249. The van der Waals surface area contributed by atoms with Gasteiger partial charge in [-0.25, -0.2) is 8.42 Å². The molecule has 0 bridgehead atoms. The lowest BCUT2D eigenvalue weighted by molar-refractivity contribution is 0.414. The van der Waals surface area contributed by atoms with E-state index >= 15 is 0 Å². The van der Waals surface area contributed by atoms with E-state index in [1.165, 1.54) is 0 Å². The maximum Gasteiger partial charge on any atom is 0.241 e. The normalized spacial score (nSPS) is 12.6. The Hall–Kier alpha value is -2.63. The molecule has 5 heteroatoms. The van der Waals surface area contributed by atoms with Crippen molar-refractivity contribution in [3.63, 3.8) is 0 Å². The molecule has 0 radical (unpaired) electrons. The van der Waals surface area contributed by atoms with Crippen molar-refractivity contribution in [3.05, 3.63) is 95.1 Å². The zero-order valence-electron chi connectivity index (χ0n) is 15.6. The summed E-state index contributed by atoms with van der Waals surface area (Å²) < 4.78 is 34.0. The van der Waals surface area contributed by atoms with Crippen LogP contribution >= 0.6 is 0 Å². The maximum atomic E-state index is 13.0. The number of methoxy groups -OCH3 is 1. The van der Waals surface area contributed by atoms with Gasteiger partial charge in [-0.1, -0.05) is 59.7 Å². The molecule has 0 aliphatic rings. The number of nitrogens with one attached hydrogen (secondary N) is 1. The van der Waals surface area contributed by atoms with Crippen LogP contribution in [-0.4, -0.2) is 15.5 Å². The molecule has 3 aromatic rings. The molecule has 0 amide bonds. The standard InChI is InChI=1S/C22H23NO3S/c1-16-4-8-18(9-5-16)22(19-10-12-20(26-3)13-11-19)23-27(24,25)21-14-6-17(2)7-15-21/h4-15,22-23H,1-3H3. The fourth-order valence-electron chi connectivity index (χ4n) is 2.82. The highest BCUT2D eigenvalue weighted by Crippen LogP contribution is 2.26. The number of rotatable bonds is 6. The fourth-order valence-corrected chi connectivity index (χ4v) is 4.04. The highest BCUT2D eigenvalue weighted by molar-refractivity contribution is 7.89. The third-order valence-electron chi connectivity index (χ3n) is 4.46. The van der Waals surface area contributed by atoms with Crippen molar-refractivity contribution in [3.8, 4) is 5.75 Å². The number of hydrogen-bond donors (Lipinski definition) is 1. The predicted octanol–water partition coefficient (Wildman–Crippen LogP) is 4.38. The van der Waals surface area contributed by atoms with E-state index < -0.39 is 16.1 Å². The Morgan fingerprint density at radius 3 is 1.67 bits per heavy atom. The van der Waals surface area contributed by atoms with Crippen LogP contribution in [0.3, 0.4) is 0 Å². The van der Waals surface area contributed by atoms with Gasteiger partial charge in [0.1, 0.15) is 5.75 Å². The molecular weight excluding hydrogens is 358 g/mol. The Kier molecular flexibility index (Phi) is 5.63. The molecule has 4 nitrogen and oxygen atoms in total. The van der Waals surface area contributed by atoms with Crippen LogP contribution in [0.1, 0.15) is 28.3 Å². The highest BCUT2D eigenvalue weighted by Gasteiger charge is 2.23. The lowest BCUT2D eigenvalue weighted by atomic mass is 9.99. The van der Waals surface area contributed by atoms with Gasteiger partial charge in [-0.15, -0.1) is 0 Å². The minimum Gasteiger partial charge on any atom is -0.497 e. The highest BCUT2D eigenvalue weighted by atomic mass is 32.2. The van der Waals surface area contributed by atoms with Crippen molar-refractivity contribution >= 4 is 10.0 Å². The van der Waals surface area contributed by atoms with Gasteiger partial charge in [-0.2, -0.15) is 4.72 Å². The smallest absolute Gasteiger partial charge is 0.241 e. The third kappa shape index (κ3) is 4.56. The average molecular weight is 381 g/mol. The minimum atomic E-state index is -3.68. The van der Waals surface area contributed by atoms with Crippen molar-refractivity contribution in [1.29, 1.82) is 0 Å². The van der Waals surface area contributed by atoms with Gasteiger partial charge in [0.05, 0.1) is 18.0 Å². The van der Waals surface area contributed by atoms with Gasteiger partial charge in [0.25, 0.3) is 0 Å². The van der Waals surface area contributed by atoms with Crippen molar-refractivity contribution in [1.82, 2.24) is 4.72 Å². The molecular formula is C22H23NO3S. The number of benzene rings is 3. The molecule has 1 atom stereocenters. The first kappa shape index (κ1) is 19.1. The Morgan fingerprint density at radius 2 is 1.19 bits per heavy atom. The predicted molar refractivity (Wildman–Crippen MR) is 108 cm³/mol. The van der Waals surface area contributed by atoms with E-state index in [1.807, 2.05) is 62.4 Å². The fraction of sp³-hybridized carbons (Fsp3) is 0.182. The second-order valence-electron chi connectivity index (χ2n) is 6.55. The molecule has 27 heavy (non-hydrogen) atoms. The molecule has 1 N–H and O–H groups in total. The van der Waals surface area contributed by atoms with Gasteiger partial charge in [-0.3, -0.25) is 0 Å². The summed E-state index contributed by atoms with van der Waals surface area (Å²) in [5, 5.41) is 0. The van der Waals surface area contributed by atoms with E-state index in [2.05, 4.69) is 4.72 Å². The van der Waals surface area contributed by atoms with Gasteiger partial charge in [0.15, 0.2) is 0 Å². The summed E-state index contributed by atoms with van der Waals surface area (Å²) in [7, 11) is -2.08. The minimum absolute atomic E-state index is 0.249. The van der Waals surface area contributed by atoms with Crippen LogP contribution in [0.5, 0.6) is 5.75 Å². The van der Waals surface area contributed by atoms with Crippen molar-refractivity contribution in [2.45, 2.75) is 24.8 Å². The molecule has 140 valence electrons. The summed E-state index contributed by atoms with van der Waals surface area (Å²) in [6.07, 6.45) is 0. The van der Waals surface area contributed by atoms with E-state index in [1.54, 1.807) is 31.4 Å². The van der Waals surface area contributed by atoms with Gasteiger partial charge in [0.2, 0.25) is 10.0 Å². The largest absolute Gasteiger partial charge is 0.497 e. The SMILES string of the molecule is COc1ccc(C(NS(=O)(=O)c2ccc(C)cc2)c2ccc(C)cc2)cc1. The first-order valence-corrected chi connectivity index (χ1v) is 10.2. The number of ether oxygens (including phenoxy) is 1. The zero-order chi connectivity index (χ0) is 19.4. The molecule has 0 fully saturated rings.